The minimum atomic E-state index is -0.565. The van der Waals surface area contributed by atoms with Gasteiger partial charge in [-0.3, -0.25) is 14.4 Å². The first kappa shape index (κ1) is 30.6. The molecule has 0 saturated heterocycles. The van der Waals surface area contributed by atoms with Gasteiger partial charge >= 0.3 is 0 Å². The number of benzene rings is 2. The summed E-state index contributed by atoms with van der Waals surface area (Å²) in [4.78, 5) is 49.3. The molecule has 0 fully saturated rings. The predicted octanol–water partition coefficient (Wildman–Crippen LogP) is 3.29. The second-order valence-electron chi connectivity index (χ2n) is 11.0. The Balaban J connectivity index is 1.30. The molecule has 0 aliphatic carbocycles. The highest BCUT2D eigenvalue weighted by molar-refractivity contribution is 5.95. The van der Waals surface area contributed by atoms with Crippen LogP contribution in [0.2, 0.25) is 0 Å². The number of nitrogens with zero attached hydrogens (tertiary/aromatic N) is 5. The number of aryl methyl sites for hydroxylation is 2. The Kier molecular flexibility index (Phi) is 9.47. The first-order chi connectivity index (χ1) is 21.2. The largest absolute Gasteiger partial charge is 0.507 e. The summed E-state index contributed by atoms with van der Waals surface area (Å²) in [6.07, 6.45) is 3.89. The van der Waals surface area contributed by atoms with Crippen LogP contribution < -0.4 is 10.6 Å². The maximum absolute atomic E-state index is 14.8. The normalized spacial score (nSPS) is 15.2. The molecule has 2 aromatic heterocycles. The minimum Gasteiger partial charge on any atom is -0.507 e. The fraction of sp³-hybridized carbons (Fsp3) is 0.375. The SMILES string of the molecule is Cc1nc2ncnn2c(C)c1CCC(=O)N1CCCNC(=O)c2ccc(F)c(c2)-c2cc(ccc2O)CCNC(=O)CCC1. The lowest BCUT2D eigenvalue weighted by Crippen LogP contribution is -2.36. The third-order valence-corrected chi connectivity index (χ3v) is 7.97. The molecule has 2 aromatic carbocycles. The van der Waals surface area contributed by atoms with E-state index in [1.54, 1.807) is 21.5 Å². The average Bonchev–Trinajstić information content (AvgIpc) is 3.47. The fourth-order valence-corrected chi connectivity index (χ4v) is 5.53. The van der Waals surface area contributed by atoms with E-state index in [1.807, 2.05) is 13.8 Å². The summed E-state index contributed by atoms with van der Waals surface area (Å²) in [6, 6.07) is 8.90. The first-order valence-corrected chi connectivity index (χ1v) is 14.8. The minimum absolute atomic E-state index is 0.0534. The number of amides is 3. The van der Waals surface area contributed by atoms with E-state index in [0.717, 1.165) is 22.5 Å². The molecule has 44 heavy (non-hydrogen) atoms. The number of phenols is 1. The molecule has 4 aromatic rings. The Morgan fingerprint density at radius 1 is 1.00 bits per heavy atom. The molecule has 0 spiro atoms. The van der Waals surface area contributed by atoms with Gasteiger partial charge in [0.05, 0.1) is 0 Å². The molecule has 1 aliphatic heterocycles. The number of aromatic nitrogens is 4. The summed E-state index contributed by atoms with van der Waals surface area (Å²) < 4.78 is 16.5. The summed E-state index contributed by atoms with van der Waals surface area (Å²) in [6.45, 7) is 5.28. The van der Waals surface area contributed by atoms with Crippen LogP contribution in [0, 0.1) is 19.7 Å². The molecule has 3 N–H and O–H groups in total. The van der Waals surface area contributed by atoms with Crippen molar-refractivity contribution in [3.05, 3.63) is 76.6 Å². The summed E-state index contributed by atoms with van der Waals surface area (Å²) in [5, 5.41) is 20.4. The Labute approximate surface area is 254 Å². The lowest BCUT2D eigenvalue weighted by atomic mass is 9.98. The van der Waals surface area contributed by atoms with E-state index in [4.69, 9.17) is 0 Å². The Morgan fingerprint density at radius 2 is 1.82 bits per heavy atom. The zero-order chi connectivity index (χ0) is 31.2. The second-order valence-corrected chi connectivity index (χ2v) is 11.0. The third kappa shape index (κ3) is 7.01. The van der Waals surface area contributed by atoms with E-state index in [0.29, 0.717) is 57.6 Å². The molecule has 0 saturated carbocycles. The van der Waals surface area contributed by atoms with Crippen LogP contribution in [-0.4, -0.2) is 73.5 Å². The van der Waals surface area contributed by atoms with E-state index in [1.165, 1.54) is 30.6 Å². The molecule has 0 unspecified atom stereocenters. The lowest BCUT2D eigenvalue weighted by Gasteiger charge is -2.23. The molecular formula is C32H36FN7O4. The highest BCUT2D eigenvalue weighted by atomic mass is 19.1. The maximum atomic E-state index is 14.8. The maximum Gasteiger partial charge on any atom is 0.252 e. The van der Waals surface area contributed by atoms with Gasteiger partial charge < -0.3 is 20.6 Å². The van der Waals surface area contributed by atoms with Crippen LogP contribution in [0.3, 0.4) is 0 Å². The quantitative estimate of drug-likeness (QED) is 0.327. The van der Waals surface area contributed by atoms with Gasteiger partial charge in [0.25, 0.3) is 11.7 Å². The number of hydrogen-bond donors (Lipinski definition) is 3. The lowest BCUT2D eigenvalue weighted by molar-refractivity contribution is -0.131. The van der Waals surface area contributed by atoms with Gasteiger partial charge in [0.15, 0.2) is 0 Å². The van der Waals surface area contributed by atoms with Gasteiger partial charge in [0, 0.05) is 67.1 Å². The number of carbonyl (C=O) groups excluding carboxylic acids is 3. The molecule has 5 rings (SSSR count). The van der Waals surface area contributed by atoms with Crippen LogP contribution in [0.25, 0.3) is 16.9 Å². The molecule has 11 nitrogen and oxygen atoms in total. The van der Waals surface area contributed by atoms with Crippen molar-refractivity contribution in [1.82, 2.24) is 35.1 Å². The van der Waals surface area contributed by atoms with Crippen LogP contribution in [-0.2, 0) is 22.4 Å². The van der Waals surface area contributed by atoms with Gasteiger partial charge in [-0.2, -0.15) is 10.1 Å². The number of phenolic OH excluding ortho intramolecular Hbond substituents is 1. The van der Waals surface area contributed by atoms with Gasteiger partial charge in [-0.1, -0.05) is 6.07 Å². The van der Waals surface area contributed by atoms with Crippen molar-refractivity contribution in [3.63, 3.8) is 0 Å². The monoisotopic (exact) mass is 601 g/mol. The fourth-order valence-electron chi connectivity index (χ4n) is 5.53. The summed E-state index contributed by atoms with van der Waals surface area (Å²) in [5.41, 5.74) is 4.07. The van der Waals surface area contributed by atoms with Crippen molar-refractivity contribution in [1.29, 1.82) is 0 Å². The molecule has 3 amide bonds. The van der Waals surface area contributed by atoms with Crippen LogP contribution in [0.5, 0.6) is 5.75 Å². The zero-order valence-electron chi connectivity index (χ0n) is 24.9. The Hall–Kier alpha value is -4.87. The van der Waals surface area contributed by atoms with Crippen LogP contribution in [0.1, 0.15) is 58.6 Å². The van der Waals surface area contributed by atoms with Crippen LogP contribution in [0.4, 0.5) is 4.39 Å². The van der Waals surface area contributed by atoms with Crippen molar-refractivity contribution in [2.24, 2.45) is 0 Å². The number of halogens is 1. The van der Waals surface area contributed by atoms with Gasteiger partial charge in [-0.05, 0) is 81.0 Å². The molecule has 3 heterocycles. The van der Waals surface area contributed by atoms with E-state index in [2.05, 4.69) is 25.7 Å². The predicted molar refractivity (Wildman–Crippen MR) is 162 cm³/mol. The number of nitrogens with one attached hydrogen (secondary N) is 2. The number of rotatable bonds is 3. The first-order valence-electron chi connectivity index (χ1n) is 14.8. The number of aromatic hydroxyl groups is 1. The number of hydrogen-bond acceptors (Lipinski definition) is 7. The second kappa shape index (κ2) is 13.6. The van der Waals surface area contributed by atoms with Crippen molar-refractivity contribution >= 4 is 23.5 Å². The highest BCUT2D eigenvalue weighted by Crippen LogP contribution is 2.33. The van der Waals surface area contributed by atoms with E-state index in [-0.39, 0.29) is 53.0 Å². The molecule has 4 bridgehead atoms. The van der Waals surface area contributed by atoms with Gasteiger partial charge in [-0.25, -0.2) is 13.9 Å². The van der Waals surface area contributed by atoms with Crippen LogP contribution >= 0.6 is 0 Å². The highest BCUT2D eigenvalue weighted by Gasteiger charge is 2.19. The molecule has 1 aliphatic rings. The Bertz CT molecular complexity index is 1700. The van der Waals surface area contributed by atoms with Gasteiger partial charge in [0.2, 0.25) is 11.8 Å². The van der Waals surface area contributed by atoms with Gasteiger partial charge in [0.1, 0.15) is 17.9 Å². The number of carbonyl (C=O) groups is 3. The van der Waals surface area contributed by atoms with Crippen molar-refractivity contribution in [3.8, 4) is 16.9 Å². The zero-order valence-corrected chi connectivity index (χ0v) is 24.9. The molecule has 0 atom stereocenters. The summed E-state index contributed by atoms with van der Waals surface area (Å²) in [7, 11) is 0. The van der Waals surface area contributed by atoms with Crippen molar-refractivity contribution in [2.75, 3.05) is 26.2 Å². The molecule has 0 radical (unpaired) electrons. The molecular weight excluding hydrogens is 565 g/mol. The smallest absolute Gasteiger partial charge is 0.252 e. The molecule has 12 heteroatoms. The van der Waals surface area contributed by atoms with Crippen molar-refractivity contribution < 1.29 is 23.9 Å². The van der Waals surface area contributed by atoms with E-state index >= 15 is 0 Å². The van der Waals surface area contributed by atoms with E-state index < -0.39 is 5.82 Å². The summed E-state index contributed by atoms with van der Waals surface area (Å²) >= 11 is 0. The van der Waals surface area contributed by atoms with E-state index in [9.17, 15) is 23.9 Å². The molecule has 230 valence electrons. The number of fused-ring (bicyclic) bond motifs is 6. The third-order valence-electron chi connectivity index (χ3n) is 7.97. The average molecular weight is 602 g/mol. The van der Waals surface area contributed by atoms with Crippen molar-refractivity contribution in [2.45, 2.75) is 52.4 Å². The van der Waals surface area contributed by atoms with Gasteiger partial charge in [-0.15, -0.1) is 0 Å². The summed E-state index contributed by atoms with van der Waals surface area (Å²) in [5.74, 6) is -0.715. The topological polar surface area (TPSA) is 142 Å². The Morgan fingerprint density at radius 3 is 2.66 bits per heavy atom. The standard InChI is InChI=1S/C32H36FN7O4/c1-20-24(21(2)40-32(38-20)36-19-37-40)8-11-30(43)39-15-3-5-29(42)34-14-12-22-6-10-28(41)26(17-22)25-18-23(7-9-27(25)33)31(44)35-13-4-16-39/h6-7,9-10,17-19,41H,3-5,8,11-16H2,1-2H3,(H,34,42)(H,35,44). The van der Waals surface area contributed by atoms with Crippen LogP contribution in [0.15, 0.2) is 42.7 Å².